The number of hydrogen-bond acceptors (Lipinski definition) is 4. The fraction of sp³-hybridized carbons (Fsp3) is 0.158. The first kappa shape index (κ1) is 17.9. The Balaban J connectivity index is 1.55. The molecular weight excluding hydrogens is 434 g/mol. The van der Waals surface area contributed by atoms with Crippen molar-refractivity contribution in [2.75, 3.05) is 18.5 Å². The molecule has 0 unspecified atom stereocenters. The second kappa shape index (κ2) is 7.62. The minimum atomic E-state index is -0.172. The van der Waals surface area contributed by atoms with E-state index in [2.05, 4.69) is 26.3 Å². The quantitative estimate of drug-likeness (QED) is 0.648. The Hall–Kier alpha value is -2.51. The van der Waals surface area contributed by atoms with Crippen molar-refractivity contribution in [3.05, 3.63) is 63.9 Å². The van der Waals surface area contributed by atoms with Gasteiger partial charge >= 0.3 is 0 Å². The number of rotatable bonds is 4. The summed E-state index contributed by atoms with van der Waals surface area (Å²) in [6, 6.07) is 11.0. The van der Waals surface area contributed by atoms with Gasteiger partial charge in [0.25, 0.3) is 0 Å². The summed E-state index contributed by atoms with van der Waals surface area (Å²) in [6.45, 7) is 0.926. The first-order valence-electron chi connectivity index (χ1n) is 8.27. The number of fused-ring (bicyclic) bond motifs is 1. The zero-order valence-corrected chi connectivity index (χ0v) is 16.5. The lowest BCUT2D eigenvalue weighted by molar-refractivity contribution is -0.115. The van der Waals surface area contributed by atoms with Gasteiger partial charge in [-0.25, -0.2) is 4.68 Å². The van der Waals surface area contributed by atoms with Crippen LogP contribution >= 0.6 is 27.5 Å². The van der Waals surface area contributed by atoms with Gasteiger partial charge in [0.15, 0.2) is 11.5 Å². The molecule has 0 atom stereocenters. The van der Waals surface area contributed by atoms with Crippen LogP contribution in [0.3, 0.4) is 0 Å². The van der Waals surface area contributed by atoms with Crippen molar-refractivity contribution in [2.45, 2.75) is 6.42 Å². The smallest absolute Gasteiger partial charge is 0.228 e. The first-order chi connectivity index (χ1) is 13.1. The molecule has 138 valence electrons. The van der Waals surface area contributed by atoms with E-state index in [-0.39, 0.29) is 12.3 Å². The third-order valence-corrected chi connectivity index (χ3v) is 4.78. The standard InChI is InChI=1S/C19H15BrClN3O3/c20-13-2-3-16(24-5-1-4-22-24)15(11-13)23-18(25)10-12-8-14(21)19-17(9-12)26-6-7-27-19/h1-5,8-9,11H,6-7,10H2,(H,23,25). The van der Waals surface area contributed by atoms with Crippen LogP contribution in [-0.4, -0.2) is 28.9 Å². The molecule has 2 heterocycles. The average molecular weight is 449 g/mol. The average Bonchev–Trinajstić information content (AvgIpc) is 3.16. The van der Waals surface area contributed by atoms with Gasteiger partial charge in [0.2, 0.25) is 5.91 Å². The molecule has 0 spiro atoms. The van der Waals surface area contributed by atoms with E-state index in [1.54, 1.807) is 23.0 Å². The highest BCUT2D eigenvalue weighted by Crippen LogP contribution is 2.38. The van der Waals surface area contributed by atoms with Gasteiger partial charge in [-0.2, -0.15) is 5.10 Å². The van der Waals surface area contributed by atoms with Gasteiger partial charge < -0.3 is 14.8 Å². The predicted octanol–water partition coefficient (Wildman–Crippen LogP) is 4.24. The number of ether oxygens (including phenoxy) is 2. The molecule has 0 bridgehead atoms. The van der Waals surface area contributed by atoms with E-state index in [1.165, 1.54) is 0 Å². The SMILES string of the molecule is O=C(Cc1cc(Cl)c2c(c1)OCCO2)Nc1cc(Br)ccc1-n1cccn1. The summed E-state index contributed by atoms with van der Waals surface area (Å²) >= 11 is 9.69. The lowest BCUT2D eigenvalue weighted by Crippen LogP contribution is -2.18. The van der Waals surface area contributed by atoms with Crippen LogP contribution in [0.4, 0.5) is 5.69 Å². The van der Waals surface area contributed by atoms with Crippen molar-refractivity contribution < 1.29 is 14.3 Å². The Bertz CT molecular complexity index is 992. The van der Waals surface area contributed by atoms with Crippen LogP contribution in [0.25, 0.3) is 5.69 Å². The summed E-state index contributed by atoms with van der Waals surface area (Å²) in [4.78, 5) is 12.6. The third-order valence-electron chi connectivity index (χ3n) is 4.01. The molecule has 0 saturated carbocycles. The molecule has 1 N–H and O–H groups in total. The van der Waals surface area contributed by atoms with Gasteiger partial charge in [0.05, 0.1) is 22.8 Å². The number of aromatic nitrogens is 2. The fourth-order valence-corrected chi connectivity index (χ4v) is 3.51. The van der Waals surface area contributed by atoms with Gasteiger partial charge in [0, 0.05) is 16.9 Å². The topological polar surface area (TPSA) is 65.4 Å². The summed E-state index contributed by atoms with van der Waals surface area (Å²) in [7, 11) is 0. The van der Waals surface area contributed by atoms with Crippen molar-refractivity contribution in [3.63, 3.8) is 0 Å². The van der Waals surface area contributed by atoms with Crippen LogP contribution < -0.4 is 14.8 Å². The van der Waals surface area contributed by atoms with E-state index in [9.17, 15) is 4.79 Å². The molecule has 1 amide bonds. The summed E-state index contributed by atoms with van der Waals surface area (Å²) in [5, 5.41) is 7.61. The molecule has 1 aromatic heterocycles. The Labute approximate surface area is 169 Å². The lowest BCUT2D eigenvalue weighted by Gasteiger charge is -2.20. The number of hydrogen-bond donors (Lipinski definition) is 1. The Morgan fingerprint density at radius 3 is 2.93 bits per heavy atom. The maximum Gasteiger partial charge on any atom is 0.228 e. The number of amides is 1. The minimum absolute atomic E-state index is 0.154. The molecule has 8 heteroatoms. The summed E-state index contributed by atoms with van der Waals surface area (Å²) < 4.78 is 13.6. The predicted molar refractivity (Wildman–Crippen MR) is 106 cm³/mol. The maximum absolute atomic E-state index is 12.6. The van der Waals surface area contributed by atoms with Crippen molar-refractivity contribution in [3.8, 4) is 17.2 Å². The molecule has 4 rings (SSSR count). The number of carbonyl (C=O) groups excluding carboxylic acids is 1. The van der Waals surface area contributed by atoms with Crippen LogP contribution in [-0.2, 0) is 11.2 Å². The molecule has 0 aliphatic carbocycles. The second-order valence-corrected chi connectivity index (χ2v) is 7.26. The summed E-state index contributed by atoms with van der Waals surface area (Å²) in [5.41, 5.74) is 2.18. The van der Waals surface area contributed by atoms with Crippen molar-refractivity contribution in [2.24, 2.45) is 0 Å². The van der Waals surface area contributed by atoms with E-state index in [1.807, 2.05) is 30.5 Å². The van der Waals surface area contributed by atoms with Crippen LogP contribution in [0.15, 0.2) is 53.3 Å². The van der Waals surface area contributed by atoms with Crippen LogP contribution in [0.5, 0.6) is 11.5 Å². The van der Waals surface area contributed by atoms with E-state index in [0.717, 1.165) is 15.7 Å². The maximum atomic E-state index is 12.6. The number of nitrogens with one attached hydrogen (secondary N) is 1. The van der Waals surface area contributed by atoms with Gasteiger partial charge in [0.1, 0.15) is 13.2 Å². The number of benzene rings is 2. The molecule has 27 heavy (non-hydrogen) atoms. The zero-order chi connectivity index (χ0) is 18.8. The van der Waals surface area contributed by atoms with Crippen LogP contribution in [0, 0.1) is 0 Å². The monoisotopic (exact) mass is 447 g/mol. The molecule has 1 aliphatic rings. The van der Waals surface area contributed by atoms with Crippen molar-refractivity contribution in [1.29, 1.82) is 0 Å². The Kier molecular flexibility index (Phi) is 5.05. The van der Waals surface area contributed by atoms with E-state index in [4.69, 9.17) is 21.1 Å². The number of nitrogens with zero attached hydrogens (tertiary/aromatic N) is 2. The third kappa shape index (κ3) is 3.94. The molecular formula is C19H15BrClN3O3. The van der Waals surface area contributed by atoms with Crippen LogP contribution in [0.1, 0.15) is 5.56 Å². The van der Waals surface area contributed by atoms with Crippen molar-refractivity contribution >= 4 is 39.1 Å². The van der Waals surface area contributed by atoms with Gasteiger partial charge in [-0.1, -0.05) is 27.5 Å². The van der Waals surface area contributed by atoms with Crippen molar-refractivity contribution in [1.82, 2.24) is 9.78 Å². The second-order valence-electron chi connectivity index (χ2n) is 5.94. The molecule has 1 aliphatic heterocycles. The van der Waals surface area contributed by atoms with Gasteiger partial charge in [-0.15, -0.1) is 0 Å². The fourth-order valence-electron chi connectivity index (χ4n) is 2.87. The molecule has 6 nitrogen and oxygen atoms in total. The van der Waals surface area contributed by atoms with Crippen LogP contribution in [0.2, 0.25) is 5.02 Å². The number of halogens is 2. The number of anilines is 1. The van der Waals surface area contributed by atoms with E-state index in [0.29, 0.717) is 35.4 Å². The van der Waals surface area contributed by atoms with E-state index >= 15 is 0 Å². The number of carbonyl (C=O) groups is 1. The summed E-state index contributed by atoms with van der Waals surface area (Å²) in [5.74, 6) is 0.922. The molecule has 0 radical (unpaired) electrons. The highest BCUT2D eigenvalue weighted by Gasteiger charge is 2.18. The molecule has 2 aromatic carbocycles. The summed E-state index contributed by atoms with van der Waals surface area (Å²) in [6.07, 6.45) is 3.66. The van der Waals surface area contributed by atoms with Gasteiger partial charge in [-0.05, 0) is 42.0 Å². The zero-order valence-electron chi connectivity index (χ0n) is 14.1. The Morgan fingerprint density at radius 1 is 1.26 bits per heavy atom. The van der Waals surface area contributed by atoms with E-state index < -0.39 is 0 Å². The largest absolute Gasteiger partial charge is 0.486 e. The minimum Gasteiger partial charge on any atom is -0.486 e. The first-order valence-corrected chi connectivity index (χ1v) is 9.45. The molecule has 0 saturated heterocycles. The lowest BCUT2D eigenvalue weighted by atomic mass is 10.1. The highest BCUT2D eigenvalue weighted by atomic mass is 79.9. The normalized spacial score (nSPS) is 12.7. The Morgan fingerprint density at radius 2 is 2.11 bits per heavy atom. The molecule has 3 aromatic rings. The highest BCUT2D eigenvalue weighted by molar-refractivity contribution is 9.10. The van der Waals surface area contributed by atoms with Gasteiger partial charge in [-0.3, -0.25) is 4.79 Å². The molecule has 0 fully saturated rings.